The van der Waals surface area contributed by atoms with Crippen LogP contribution in [-0.2, 0) is 17.9 Å². The third-order valence-corrected chi connectivity index (χ3v) is 4.19. The molecule has 2 aliphatic rings. The Morgan fingerprint density at radius 3 is 2.86 bits per heavy atom. The minimum Gasteiger partial charge on any atom is -0.333 e. The zero-order chi connectivity index (χ0) is 15.0. The van der Waals surface area contributed by atoms with E-state index in [1.807, 2.05) is 10.8 Å². The van der Waals surface area contributed by atoms with Gasteiger partial charge in [-0.1, -0.05) is 13.8 Å². The minimum atomic E-state index is -0.236. The van der Waals surface area contributed by atoms with Gasteiger partial charge in [0.05, 0.1) is 6.54 Å². The first kappa shape index (κ1) is 14.1. The van der Waals surface area contributed by atoms with Gasteiger partial charge in [-0.05, 0) is 25.2 Å². The molecule has 1 atom stereocenters. The molecule has 6 heteroatoms. The topological polar surface area (TPSA) is 58.4 Å². The molecule has 0 saturated carbocycles. The van der Waals surface area contributed by atoms with Crippen LogP contribution in [0.15, 0.2) is 12.4 Å². The summed E-state index contributed by atoms with van der Waals surface area (Å²) in [4.78, 5) is 32.3. The second-order valence-corrected chi connectivity index (χ2v) is 6.30. The summed E-state index contributed by atoms with van der Waals surface area (Å²) >= 11 is 0. The normalized spacial score (nSPS) is 22.3. The van der Waals surface area contributed by atoms with Crippen molar-refractivity contribution in [3.05, 3.63) is 18.2 Å². The minimum absolute atomic E-state index is 0.0567. The van der Waals surface area contributed by atoms with E-state index in [-0.39, 0.29) is 24.5 Å². The lowest BCUT2D eigenvalue weighted by Crippen LogP contribution is -2.39. The number of aromatic nitrogens is 2. The molecule has 114 valence electrons. The summed E-state index contributed by atoms with van der Waals surface area (Å²) in [6.07, 6.45) is 6.45. The van der Waals surface area contributed by atoms with Gasteiger partial charge in [-0.15, -0.1) is 0 Å². The van der Waals surface area contributed by atoms with Crippen molar-refractivity contribution in [3.63, 3.8) is 0 Å². The van der Waals surface area contributed by atoms with Crippen molar-refractivity contribution in [2.75, 3.05) is 6.54 Å². The van der Waals surface area contributed by atoms with Crippen LogP contribution in [0.25, 0.3) is 0 Å². The highest BCUT2D eigenvalue weighted by molar-refractivity contribution is 6.04. The van der Waals surface area contributed by atoms with E-state index in [1.54, 1.807) is 11.1 Å². The van der Waals surface area contributed by atoms with Crippen molar-refractivity contribution in [3.8, 4) is 0 Å². The highest BCUT2D eigenvalue weighted by Gasteiger charge is 2.46. The molecule has 3 rings (SSSR count). The predicted octanol–water partition coefficient (Wildman–Crippen LogP) is 1.86. The molecule has 1 aromatic rings. The molecule has 0 spiro atoms. The van der Waals surface area contributed by atoms with Crippen LogP contribution >= 0.6 is 0 Å². The van der Waals surface area contributed by atoms with Crippen molar-refractivity contribution >= 4 is 11.9 Å². The zero-order valence-corrected chi connectivity index (χ0v) is 12.7. The number of rotatable bonds is 4. The highest BCUT2D eigenvalue weighted by atomic mass is 16.2. The van der Waals surface area contributed by atoms with Crippen LogP contribution in [0.3, 0.4) is 0 Å². The van der Waals surface area contributed by atoms with E-state index in [2.05, 4.69) is 18.8 Å². The largest absolute Gasteiger partial charge is 0.333 e. The first-order chi connectivity index (χ1) is 10.1. The lowest BCUT2D eigenvalue weighted by atomic mass is 10.0. The van der Waals surface area contributed by atoms with Crippen molar-refractivity contribution in [2.24, 2.45) is 5.92 Å². The molecule has 0 bridgehead atoms. The van der Waals surface area contributed by atoms with Gasteiger partial charge >= 0.3 is 6.03 Å². The Labute approximate surface area is 124 Å². The molecule has 0 aliphatic carbocycles. The van der Waals surface area contributed by atoms with E-state index >= 15 is 0 Å². The quantitative estimate of drug-likeness (QED) is 0.795. The second kappa shape index (κ2) is 5.50. The summed E-state index contributed by atoms with van der Waals surface area (Å²) in [5.74, 6) is 1.22. The van der Waals surface area contributed by atoms with Crippen molar-refractivity contribution in [2.45, 2.75) is 52.2 Å². The van der Waals surface area contributed by atoms with Crippen LogP contribution < -0.4 is 0 Å². The van der Waals surface area contributed by atoms with Crippen LogP contribution in [0, 0.1) is 5.92 Å². The van der Waals surface area contributed by atoms with E-state index < -0.39 is 0 Å². The summed E-state index contributed by atoms with van der Waals surface area (Å²) < 4.78 is 2.03. The summed E-state index contributed by atoms with van der Waals surface area (Å²) in [5.41, 5.74) is 0. The Morgan fingerprint density at radius 1 is 1.33 bits per heavy atom. The number of nitrogens with zero attached hydrogens (tertiary/aromatic N) is 4. The van der Waals surface area contributed by atoms with Crippen molar-refractivity contribution < 1.29 is 9.59 Å². The molecule has 0 N–H and O–H groups in total. The summed E-state index contributed by atoms with van der Waals surface area (Å²) in [7, 11) is 0. The lowest BCUT2D eigenvalue weighted by Gasteiger charge is -2.26. The van der Waals surface area contributed by atoms with Gasteiger partial charge in [-0.2, -0.15) is 0 Å². The Bertz CT molecular complexity index is 528. The molecule has 0 aromatic carbocycles. The number of fused-ring (bicyclic) bond motifs is 1. The van der Waals surface area contributed by atoms with Crippen LogP contribution in [0.4, 0.5) is 4.79 Å². The average molecular weight is 290 g/mol. The maximum atomic E-state index is 12.4. The lowest BCUT2D eigenvalue weighted by molar-refractivity contribution is -0.129. The Hall–Kier alpha value is -1.85. The first-order valence-electron chi connectivity index (χ1n) is 7.70. The molecule has 2 aliphatic heterocycles. The van der Waals surface area contributed by atoms with Crippen molar-refractivity contribution in [1.82, 2.24) is 19.4 Å². The monoisotopic (exact) mass is 290 g/mol. The van der Waals surface area contributed by atoms with Crippen LogP contribution in [-0.4, -0.2) is 43.9 Å². The van der Waals surface area contributed by atoms with E-state index in [4.69, 9.17) is 0 Å². The number of piperidine rings is 1. The van der Waals surface area contributed by atoms with Gasteiger partial charge in [0.1, 0.15) is 11.9 Å². The fourth-order valence-corrected chi connectivity index (χ4v) is 3.18. The fraction of sp³-hybridized carbons (Fsp3) is 0.667. The number of hydrogen-bond donors (Lipinski definition) is 0. The number of urea groups is 1. The standard InChI is InChI=1S/C15H22N4O2/c1-11(2)9-17-8-6-16-13(17)10-19-14(20)12-5-3-4-7-18(12)15(19)21/h6,8,11-12H,3-5,7,9-10H2,1-2H3/t12-/m1/s1. The molecule has 3 heterocycles. The van der Waals surface area contributed by atoms with Crippen molar-refractivity contribution in [1.29, 1.82) is 0 Å². The Balaban J connectivity index is 1.77. The predicted molar refractivity (Wildman–Crippen MR) is 77.4 cm³/mol. The summed E-state index contributed by atoms with van der Waals surface area (Å²) in [6, 6.07) is -0.386. The smallest absolute Gasteiger partial charge is 0.327 e. The van der Waals surface area contributed by atoms with Gasteiger partial charge in [-0.25, -0.2) is 9.78 Å². The second-order valence-electron chi connectivity index (χ2n) is 6.30. The van der Waals surface area contributed by atoms with Crippen LogP contribution in [0.5, 0.6) is 0 Å². The summed E-state index contributed by atoms with van der Waals surface area (Å²) in [5, 5.41) is 0. The molecule has 2 fully saturated rings. The first-order valence-corrected chi connectivity index (χ1v) is 7.70. The van der Waals surface area contributed by atoms with Gasteiger partial charge in [-0.3, -0.25) is 9.69 Å². The molecule has 21 heavy (non-hydrogen) atoms. The van der Waals surface area contributed by atoms with Crippen LogP contribution in [0.1, 0.15) is 38.9 Å². The molecule has 2 saturated heterocycles. The third kappa shape index (κ3) is 2.54. The number of imide groups is 1. The number of amides is 3. The Kier molecular flexibility index (Phi) is 3.69. The van der Waals surface area contributed by atoms with Gasteiger partial charge in [0.2, 0.25) is 0 Å². The molecule has 6 nitrogen and oxygen atoms in total. The Morgan fingerprint density at radius 2 is 2.14 bits per heavy atom. The molecule has 1 aromatic heterocycles. The maximum absolute atomic E-state index is 12.4. The number of carbonyl (C=O) groups excluding carboxylic acids is 2. The average Bonchev–Trinajstić information content (AvgIpc) is 2.98. The van der Waals surface area contributed by atoms with E-state index in [1.165, 1.54) is 4.90 Å². The number of hydrogen-bond acceptors (Lipinski definition) is 3. The SMILES string of the molecule is CC(C)Cn1ccnc1CN1C(=O)[C@H]2CCCCN2C1=O. The van der Waals surface area contributed by atoms with Gasteiger partial charge in [0, 0.05) is 25.5 Å². The van der Waals surface area contributed by atoms with Gasteiger partial charge in [0.15, 0.2) is 0 Å². The molecule has 3 amide bonds. The van der Waals surface area contributed by atoms with E-state index in [0.717, 1.165) is 31.6 Å². The van der Waals surface area contributed by atoms with Crippen LogP contribution in [0.2, 0.25) is 0 Å². The van der Waals surface area contributed by atoms with E-state index in [0.29, 0.717) is 12.5 Å². The summed E-state index contributed by atoms with van der Waals surface area (Å²) in [6.45, 7) is 6.10. The van der Waals surface area contributed by atoms with E-state index in [9.17, 15) is 9.59 Å². The maximum Gasteiger partial charge on any atom is 0.327 e. The fourth-order valence-electron chi connectivity index (χ4n) is 3.18. The third-order valence-electron chi connectivity index (χ3n) is 4.19. The molecular weight excluding hydrogens is 268 g/mol. The number of carbonyl (C=O) groups is 2. The highest BCUT2D eigenvalue weighted by Crippen LogP contribution is 2.27. The zero-order valence-electron chi connectivity index (χ0n) is 12.7. The number of imidazole rings is 1. The van der Waals surface area contributed by atoms with Gasteiger partial charge in [0.25, 0.3) is 5.91 Å². The molecule has 0 unspecified atom stereocenters. The molecule has 0 radical (unpaired) electrons. The molecular formula is C15H22N4O2. The van der Waals surface area contributed by atoms with Gasteiger partial charge < -0.3 is 9.47 Å².